The van der Waals surface area contributed by atoms with Gasteiger partial charge >= 0.3 is 0 Å². The summed E-state index contributed by atoms with van der Waals surface area (Å²) in [5.41, 5.74) is 9.81. The molecule has 0 spiro atoms. The normalized spacial score (nSPS) is 13.5. The van der Waals surface area contributed by atoms with Crippen molar-refractivity contribution in [1.29, 1.82) is 0 Å². The Kier molecular flexibility index (Phi) is 6.66. The summed E-state index contributed by atoms with van der Waals surface area (Å²) in [5.74, 6) is 1.56. The summed E-state index contributed by atoms with van der Waals surface area (Å²) >= 11 is 0. The lowest BCUT2D eigenvalue weighted by Crippen LogP contribution is -2.36. The lowest BCUT2D eigenvalue weighted by molar-refractivity contribution is -0.107. The molecular formula is C23H26N6O3. The fourth-order valence-electron chi connectivity index (χ4n) is 3.47. The van der Waals surface area contributed by atoms with E-state index in [2.05, 4.69) is 25.5 Å². The highest BCUT2D eigenvalue weighted by atomic mass is 16.5. The summed E-state index contributed by atoms with van der Waals surface area (Å²) in [6.45, 7) is 3.11. The van der Waals surface area contributed by atoms with E-state index in [1.807, 2.05) is 36.4 Å². The van der Waals surface area contributed by atoms with Gasteiger partial charge in [0.2, 0.25) is 5.95 Å². The van der Waals surface area contributed by atoms with Gasteiger partial charge in [0.25, 0.3) is 0 Å². The molecule has 9 heteroatoms. The van der Waals surface area contributed by atoms with Gasteiger partial charge in [0.05, 0.1) is 37.4 Å². The number of morpholine rings is 1. The number of aldehydes is 1. The van der Waals surface area contributed by atoms with Crippen LogP contribution in [0.5, 0.6) is 5.75 Å². The molecule has 1 fully saturated rings. The van der Waals surface area contributed by atoms with E-state index in [-0.39, 0.29) is 6.42 Å². The van der Waals surface area contributed by atoms with Gasteiger partial charge in [0.15, 0.2) is 0 Å². The van der Waals surface area contributed by atoms with E-state index in [0.717, 1.165) is 30.8 Å². The molecule has 0 aliphatic carbocycles. The Hall–Kier alpha value is -3.85. The van der Waals surface area contributed by atoms with Crippen molar-refractivity contribution >= 4 is 40.8 Å². The number of nitrogen functional groups attached to an aromatic ring is 1. The van der Waals surface area contributed by atoms with Crippen LogP contribution in [-0.4, -0.2) is 49.7 Å². The van der Waals surface area contributed by atoms with Crippen molar-refractivity contribution in [2.75, 3.05) is 54.7 Å². The summed E-state index contributed by atoms with van der Waals surface area (Å²) in [5, 5.41) is 6.42. The molecule has 1 saturated heterocycles. The maximum atomic E-state index is 11.1. The third kappa shape index (κ3) is 4.89. The molecule has 0 unspecified atom stereocenters. The van der Waals surface area contributed by atoms with Crippen LogP contribution < -0.4 is 26.0 Å². The SMILES string of the molecule is COc1cc(N2CCOCC2)ccc1Nc1ncc(CC=O)c(Nc2ccccc2N)n1. The summed E-state index contributed by atoms with van der Waals surface area (Å²) < 4.78 is 11.0. The van der Waals surface area contributed by atoms with Crippen LogP contribution in [0.1, 0.15) is 5.56 Å². The van der Waals surface area contributed by atoms with E-state index in [4.69, 9.17) is 15.2 Å². The van der Waals surface area contributed by atoms with Crippen molar-refractivity contribution in [1.82, 2.24) is 9.97 Å². The summed E-state index contributed by atoms with van der Waals surface area (Å²) in [6, 6.07) is 13.3. The highest BCUT2D eigenvalue weighted by Crippen LogP contribution is 2.32. The Morgan fingerprint density at radius 3 is 2.72 bits per heavy atom. The zero-order valence-electron chi connectivity index (χ0n) is 17.9. The number of ether oxygens (including phenoxy) is 2. The number of aromatic nitrogens is 2. The van der Waals surface area contributed by atoms with Crippen molar-refractivity contribution < 1.29 is 14.3 Å². The van der Waals surface area contributed by atoms with Crippen molar-refractivity contribution in [2.24, 2.45) is 0 Å². The van der Waals surface area contributed by atoms with E-state index in [9.17, 15) is 4.79 Å². The Labute approximate surface area is 186 Å². The summed E-state index contributed by atoms with van der Waals surface area (Å²) in [6.07, 6.45) is 2.63. The zero-order chi connectivity index (χ0) is 22.3. The second-order valence-corrected chi connectivity index (χ2v) is 7.26. The minimum Gasteiger partial charge on any atom is -0.494 e. The average molecular weight is 435 g/mol. The minimum atomic E-state index is 0.187. The number of anilines is 6. The molecule has 32 heavy (non-hydrogen) atoms. The standard InChI is InChI=1S/C23H26N6O3/c1-31-21-14-17(29-9-12-32-13-10-29)6-7-20(21)27-23-25-15-16(8-11-30)22(28-23)26-19-5-3-2-4-18(19)24/h2-7,11,14-15H,8-10,12-13,24H2,1H3,(H2,25,26,27,28). The van der Waals surface area contributed by atoms with Gasteiger partial charge < -0.3 is 35.5 Å². The Bertz CT molecular complexity index is 1090. The molecule has 0 saturated carbocycles. The van der Waals surface area contributed by atoms with Gasteiger partial charge in [0, 0.05) is 43.0 Å². The topological polar surface area (TPSA) is 115 Å². The molecule has 0 bridgehead atoms. The van der Waals surface area contributed by atoms with Gasteiger partial charge in [-0.1, -0.05) is 12.1 Å². The first kappa shape index (κ1) is 21.4. The minimum absolute atomic E-state index is 0.187. The van der Waals surface area contributed by atoms with Crippen molar-refractivity contribution in [3.63, 3.8) is 0 Å². The third-order valence-corrected chi connectivity index (χ3v) is 5.19. The fraction of sp³-hybridized carbons (Fsp3) is 0.261. The number of hydrogen-bond acceptors (Lipinski definition) is 9. The van der Waals surface area contributed by atoms with Gasteiger partial charge in [-0.2, -0.15) is 4.98 Å². The molecule has 1 aliphatic heterocycles. The van der Waals surface area contributed by atoms with Gasteiger partial charge in [-0.25, -0.2) is 4.98 Å². The largest absolute Gasteiger partial charge is 0.494 e. The van der Waals surface area contributed by atoms with Crippen LogP contribution in [0.4, 0.5) is 34.5 Å². The smallest absolute Gasteiger partial charge is 0.229 e. The number of nitrogens with two attached hydrogens (primary N) is 1. The van der Waals surface area contributed by atoms with Crippen LogP contribution in [-0.2, 0) is 16.0 Å². The highest BCUT2D eigenvalue weighted by Gasteiger charge is 2.15. The number of carbonyl (C=O) groups is 1. The lowest BCUT2D eigenvalue weighted by atomic mass is 10.2. The third-order valence-electron chi connectivity index (χ3n) is 5.19. The summed E-state index contributed by atoms with van der Waals surface area (Å²) in [7, 11) is 1.63. The Morgan fingerprint density at radius 2 is 1.97 bits per heavy atom. The second kappa shape index (κ2) is 9.97. The average Bonchev–Trinajstić information content (AvgIpc) is 2.83. The Balaban J connectivity index is 1.59. The van der Waals surface area contributed by atoms with Crippen molar-refractivity contribution in [3.8, 4) is 5.75 Å². The molecule has 3 aromatic rings. The molecule has 4 N–H and O–H groups in total. The number of methoxy groups -OCH3 is 1. The zero-order valence-corrected chi connectivity index (χ0v) is 17.9. The van der Waals surface area contributed by atoms with Gasteiger partial charge in [-0.05, 0) is 24.3 Å². The molecule has 2 aromatic carbocycles. The van der Waals surface area contributed by atoms with Crippen LogP contribution in [0.25, 0.3) is 0 Å². The molecule has 0 atom stereocenters. The van der Waals surface area contributed by atoms with Gasteiger partial charge in [-0.15, -0.1) is 0 Å². The molecule has 4 rings (SSSR count). The maximum Gasteiger partial charge on any atom is 0.229 e. The maximum absolute atomic E-state index is 11.1. The van der Waals surface area contributed by atoms with Crippen molar-refractivity contribution in [3.05, 3.63) is 54.2 Å². The van der Waals surface area contributed by atoms with E-state index in [1.54, 1.807) is 19.4 Å². The van der Waals surface area contributed by atoms with Gasteiger partial charge in [-0.3, -0.25) is 0 Å². The molecule has 166 valence electrons. The number of hydrogen-bond donors (Lipinski definition) is 3. The molecule has 9 nitrogen and oxygen atoms in total. The quantitative estimate of drug-likeness (QED) is 0.363. The predicted molar refractivity (Wildman–Crippen MR) is 125 cm³/mol. The van der Waals surface area contributed by atoms with E-state index in [1.165, 1.54) is 0 Å². The molecular weight excluding hydrogens is 408 g/mol. The molecule has 1 aromatic heterocycles. The number of nitrogens with zero attached hydrogens (tertiary/aromatic N) is 3. The monoisotopic (exact) mass is 434 g/mol. The van der Waals surface area contributed by atoms with E-state index >= 15 is 0 Å². The second-order valence-electron chi connectivity index (χ2n) is 7.26. The van der Waals surface area contributed by atoms with E-state index in [0.29, 0.717) is 47.7 Å². The summed E-state index contributed by atoms with van der Waals surface area (Å²) in [4.78, 5) is 22.3. The van der Waals surface area contributed by atoms with Crippen LogP contribution in [0, 0.1) is 0 Å². The van der Waals surface area contributed by atoms with Crippen LogP contribution in [0.15, 0.2) is 48.7 Å². The predicted octanol–water partition coefficient (Wildman–Crippen LogP) is 3.13. The fourth-order valence-corrected chi connectivity index (χ4v) is 3.47. The van der Waals surface area contributed by atoms with Gasteiger partial charge in [0.1, 0.15) is 17.9 Å². The van der Waals surface area contributed by atoms with Crippen LogP contribution in [0.3, 0.4) is 0 Å². The van der Waals surface area contributed by atoms with Crippen molar-refractivity contribution in [2.45, 2.75) is 6.42 Å². The molecule has 0 radical (unpaired) electrons. The molecule has 0 amide bonds. The van der Waals surface area contributed by atoms with E-state index < -0.39 is 0 Å². The molecule has 1 aliphatic rings. The number of para-hydroxylation sites is 2. The number of benzene rings is 2. The van der Waals surface area contributed by atoms with Crippen LogP contribution >= 0.6 is 0 Å². The first-order valence-corrected chi connectivity index (χ1v) is 10.4. The highest BCUT2D eigenvalue weighted by molar-refractivity contribution is 5.74. The first-order chi connectivity index (χ1) is 15.7. The lowest BCUT2D eigenvalue weighted by Gasteiger charge is -2.29. The number of carbonyl (C=O) groups excluding carboxylic acids is 1. The number of nitrogens with one attached hydrogen (secondary N) is 2. The number of rotatable bonds is 8. The first-order valence-electron chi connectivity index (χ1n) is 10.4. The Morgan fingerprint density at radius 1 is 1.16 bits per heavy atom. The van der Waals surface area contributed by atoms with Crippen LogP contribution in [0.2, 0.25) is 0 Å². The molecule has 2 heterocycles.